The molecule has 6 aliphatic heterocycles. The minimum Gasteiger partial charge on any atom is -0.396 e. The number of hydrogen-bond acceptors (Lipinski definition) is 9. The van der Waals surface area contributed by atoms with E-state index in [-0.39, 0.29) is 35.4 Å². The number of amides is 4. The van der Waals surface area contributed by atoms with Crippen molar-refractivity contribution in [2.45, 2.75) is 84.7 Å². The SMILES string of the molecule is CC1(C)C[C@@H]1C(=O)N1CC2(CN(C(=O)c3cncs3)C[C@H]2C(N)=O)C1.CCCC(=O)N1CCCC2(COC2)C1.OCC12CCC(CC1)OC2.[HH]. The van der Waals surface area contributed by atoms with E-state index < -0.39 is 11.8 Å². The van der Waals surface area contributed by atoms with Gasteiger partial charge in [0, 0.05) is 69.3 Å². The fourth-order valence-electron chi connectivity index (χ4n) is 8.72. The lowest BCUT2D eigenvalue weighted by atomic mass is 9.71. The second-order valence-corrected chi connectivity index (χ2v) is 17.5. The van der Waals surface area contributed by atoms with Crippen LogP contribution in [-0.2, 0) is 23.9 Å². The molecule has 3 N–H and O–H groups in total. The maximum Gasteiger partial charge on any atom is 0.265 e. The maximum absolute atomic E-state index is 12.6. The summed E-state index contributed by atoms with van der Waals surface area (Å²) in [5, 5.41) is 9.09. The molecule has 7 heterocycles. The van der Waals surface area contributed by atoms with E-state index in [9.17, 15) is 19.2 Å². The average molecular weight is 704 g/mol. The highest BCUT2D eigenvalue weighted by molar-refractivity contribution is 7.11. The zero-order chi connectivity index (χ0) is 35.0. The van der Waals surface area contributed by atoms with Crippen LogP contribution >= 0.6 is 11.3 Å². The standard InChI is InChI=1S/C17H22N4O3S.C11H19NO2.C8H14O2.H2/c1-16(2)3-10(16)14(23)21-7-17(8-21)6-20(5-11(17)13(18)22)15(24)12-4-19-9-25-12;1-2-4-10(13)12-6-3-5-11(7-12)8-14-9-11;9-5-8-3-1-7(2-4-8)10-6-8;/h4,9-11H,3,5-8H2,1-2H3,(H2,18,22);2-9H2,1H3;7,9H,1-6H2;1H/t10-,11+;;;/m1.../s1. The fraction of sp³-hybridized carbons (Fsp3) is 0.806. The Labute approximate surface area is 295 Å². The van der Waals surface area contributed by atoms with Crippen molar-refractivity contribution in [2.24, 2.45) is 39.2 Å². The first-order valence-electron chi connectivity index (χ1n) is 18.2. The number of rotatable bonds is 6. The van der Waals surface area contributed by atoms with Crippen molar-refractivity contribution in [3.8, 4) is 0 Å². The quantitative estimate of drug-likeness (QED) is 0.458. The number of aliphatic hydroxyl groups excluding tert-OH is 1. The van der Waals surface area contributed by atoms with Crippen LogP contribution in [-0.4, -0.2) is 120 Å². The van der Waals surface area contributed by atoms with Gasteiger partial charge in [-0.2, -0.15) is 0 Å². The van der Waals surface area contributed by atoms with E-state index in [4.69, 9.17) is 20.3 Å². The molecule has 1 aromatic heterocycles. The first-order valence-corrected chi connectivity index (χ1v) is 19.1. The van der Waals surface area contributed by atoms with Gasteiger partial charge in [0.05, 0.1) is 50.2 Å². The summed E-state index contributed by atoms with van der Waals surface area (Å²) < 4.78 is 10.8. The molecule has 13 heteroatoms. The first-order chi connectivity index (χ1) is 23.3. The van der Waals surface area contributed by atoms with E-state index >= 15 is 0 Å². The number of carbonyl (C=O) groups excluding carboxylic acids is 4. The Morgan fingerprint density at radius 3 is 2.20 bits per heavy atom. The molecule has 0 radical (unpaired) electrons. The van der Waals surface area contributed by atoms with Crippen LogP contribution < -0.4 is 5.73 Å². The summed E-state index contributed by atoms with van der Waals surface area (Å²) in [6.07, 6.45) is 11.7. The molecular weight excluding hydrogens is 646 g/mol. The number of ether oxygens (including phenoxy) is 2. The van der Waals surface area contributed by atoms with Gasteiger partial charge in [0.1, 0.15) is 4.88 Å². The molecule has 2 atom stereocenters. The third-order valence-electron chi connectivity index (χ3n) is 12.3. The van der Waals surface area contributed by atoms with Crippen molar-refractivity contribution in [3.63, 3.8) is 0 Å². The Bertz CT molecular complexity index is 1360. The van der Waals surface area contributed by atoms with E-state index in [0.717, 1.165) is 52.2 Å². The number of aliphatic hydroxyl groups is 1. The lowest BCUT2D eigenvalue weighted by Crippen LogP contribution is -2.64. The van der Waals surface area contributed by atoms with Crippen molar-refractivity contribution in [1.29, 1.82) is 0 Å². The summed E-state index contributed by atoms with van der Waals surface area (Å²) in [5.41, 5.74) is 7.43. The molecular formula is C36H57N5O7S. The first kappa shape index (κ1) is 36.2. The van der Waals surface area contributed by atoms with Crippen molar-refractivity contribution in [1.82, 2.24) is 19.7 Å². The average Bonchev–Trinajstić information content (AvgIpc) is 3.44. The monoisotopic (exact) mass is 703 g/mol. The number of primary amides is 1. The van der Waals surface area contributed by atoms with E-state index in [1.165, 1.54) is 43.4 Å². The zero-order valence-electron chi connectivity index (χ0n) is 29.5. The molecule has 4 amide bonds. The second kappa shape index (κ2) is 14.2. The topological polar surface area (TPSA) is 156 Å². The Hall–Kier alpha value is -2.61. The van der Waals surface area contributed by atoms with E-state index in [2.05, 4.69) is 25.8 Å². The Balaban J connectivity index is 0.000000163. The van der Waals surface area contributed by atoms with E-state index in [0.29, 0.717) is 61.5 Å². The minimum atomic E-state index is -0.402. The predicted molar refractivity (Wildman–Crippen MR) is 185 cm³/mol. The summed E-state index contributed by atoms with van der Waals surface area (Å²) in [6, 6.07) is 0. The van der Waals surface area contributed by atoms with Gasteiger partial charge >= 0.3 is 0 Å². The van der Waals surface area contributed by atoms with Gasteiger partial charge in [-0.3, -0.25) is 24.2 Å². The summed E-state index contributed by atoms with van der Waals surface area (Å²) in [4.78, 5) is 58.9. The number of thiazole rings is 1. The smallest absolute Gasteiger partial charge is 0.265 e. The lowest BCUT2D eigenvalue weighted by molar-refractivity contribution is -0.159. The van der Waals surface area contributed by atoms with Crippen LogP contribution in [0.25, 0.3) is 0 Å². The third-order valence-corrected chi connectivity index (χ3v) is 13.1. The van der Waals surface area contributed by atoms with Gasteiger partial charge in [0.2, 0.25) is 17.7 Å². The molecule has 8 aliphatic rings. The summed E-state index contributed by atoms with van der Waals surface area (Å²) in [7, 11) is 0. The number of nitrogens with two attached hydrogens (primary N) is 1. The van der Waals surface area contributed by atoms with Crippen LogP contribution in [0.4, 0.5) is 0 Å². The van der Waals surface area contributed by atoms with Gasteiger partial charge < -0.3 is 35.0 Å². The molecule has 1 aromatic rings. The van der Waals surface area contributed by atoms with Gasteiger partial charge in [-0.25, -0.2) is 0 Å². The summed E-state index contributed by atoms with van der Waals surface area (Å²) in [5.74, 6) is -0.310. The number of aromatic nitrogens is 1. The van der Waals surface area contributed by atoms with Crippen LogP contribution in [0.3, 0.4) is 0 Å². The lowest BCUT2D eigenvalue weighted by Gasteiger charge is -2.50. The summed E-state index contributed by atoms with van der Waals surface area (Å²) in [6.45, 7) is 12.8. The largest absolute Gasteiger partial charge is 0.396 e. The molecule has 9 rings (SSSR count). The van der Waals surface area contributed by atoms with Crippen LogP contribution in [0, 0.1) is 33.5 Å². The predicted octanol–water partition coefficient (Wildman–Crippen LogP) is 3.18. The highest BCUT2D eigenvalue weighted by Crippen LogP contribution is 2.54. The van der Waals surface area contributed by atoms with Crippen LogP contribution in [0.5, 0.6) is 0 Å². The van der Waals surface area contributed by atoms with Gasteiger partial charge in [-0.15, -0.1) is 11.3 Å². The zero-order valence-corrected chi connectivity index (χ0v) is 30.3. The Morgan fingerprint density at radius 1 is 1.02 bits per heavy atom. The third kappa shape index (κ3) is 7.55. The fourth-order valence-corrected chi connectivity index (χ4v) is 9.31. The molecule has 2 aliphatic carbocycles. The van der Waals surface area contributed by atoms with Crippen LogP contribution in [0.15, 0.2) is 11.7 Å². The Morgan fingerprint density at radius 2 is 1.71 bits per heavy atom. The number of piperidine rings is 1. The van der Waals surface area contributed by atoms with Gasteiger partial charge in [-0.05, 0) is 56.8 Å². The molecule has 0 unspecified atom stereocenters. The van der Waals surface area contributed by atoms with Crippen molar-refractivity contribution < 1.29 is 35.2 Å². The van der Waals surface area contributed by atoms with Crippen LogP contribution in [0.2, 0.25) is 0 Å². The molecule has 8 fully saturated rings. The van der Waals surface area contributed by atoms with Gasteiger partial charge in [0.25, 0.3) is 5.91 Å². The minimum absolute atomic E-state index is 0. The molecule has 274 valence electrons. The van der Waals surface area contributed by atoms with Crippen molar-refractivity contribution in [2.75, 3.05) is 65.7 Å². The number of carbonyl (C=O) groups is 4. The van der Waals surface area contributed by atoms with Crippen molar-refractivity contribution in [3.05, 3.63) is 16.6 Å². The Kier molecular flexibility index (Phi) is 10.5. The van der Waals surface area contributed by atoms with Gasteiger partial charge in [-0.1, -0.05) is 20.8 Å². The van der Waals surface area contributed by atoms with Gasteiger partial charge in [0.15, 0.2) is 0 Å². The normalized spacial score (nSPS) is 31.1. The van der Waals surface area contributed by atoms with Crippen LogP contribution in [0.1, 0.15) is 89.7 Å². The number of fused-ring (bicyclic) bond motifs is 3. The maximum atomic E-state index is 12.6. The molecule has 12 nitrogen and oxygen atoms in total. The number of nitrogens with zero attached hydrogens (tertiary/aromatic N) is 4. The molecule has 0 aromatic carbocycles. The molecule has 2 bridgehead atoms. The van der Waals surface area contributed by atoms with E-state index in [1.807, 2.05) is 9.80 Å². The highest BCUT2D eigenvalue weighted by atomic mass is 32.1. The molecule has 49 heavy (non-hydrogen) atoms. The molecule has 2 spiro atoms. The molecule has 6 saturated heterocycles. The number of likely N-dealkylation sites (tertiary alicyclic amines) is 3. The highest BCUT2D eigenvalue weighted by Gasteiger charge is 2.61. The number of hydrogen-bond donors (Lipinski definition) is 2. The second-order valence-electron chi connectivity index (χ2n) is 16.6. The molecule has 2 saturated carbocycles. The van der Waals surface area contributed by atoms with Crippen molar-refractivity contribution >= 4 is 35.0 Å². The summed E-state index contributed by atoms with van der Waals surface area (Å²) >= 11 is 1.29. The van der Waals surface area contributed by atoms with E-state index in [1.54, 1.807) is 16.6 Å².